The normalized spacial score (nSPS) is 17.3. The monoisotopic (exact) mass is 307 g/mol. The van der Waals surface area contributed by atoms with Crippen LogP contribution in [0.4, 0.5) is 11.5 Å². The fourth-order valence-electron chi connectivity index (χ4n) is 2.35. The van der Waals surface area contributed by atoms with Gasteiger partial charge in [-0.2, -0.15) is 0 Å². The number of nitrogens with zero attached hydrogens (tertiary/aromatic N) is 2. The van der Waals surface area contributed by atoms with Crippen LogP contribution in [0, 0.1) is 5.92 Å². The molecule has 0 saturated carbocycles. The van der Waals surface area contributed by atoms with Crippen molar-refractivity contribution in [3.63, 3.8) is 0 Å². The average molecular weight is 307 g/mol. The van der Waals surface area contributed by atoms with Gasteiger partial charge in [0.05, 0.1) is 31.4 Å². The largest absolute Gasteiger partial charge is 0.469 e. The first-order valence-electron chi connectivity index (χ1n) is 6.66. The van der Waals surface area contributed by atoms with E-state index in [-0.39, 0.29) is 24.4 Å². The van der Waals surface area contributed by atoms with E-state index in [0.717, 1.165) is 0 Å². The Kier molecular flexibility index (Phi) is 4.59. The third kappa shape index (κ3) is 2.85. The van der Waals surface area contributed by atoms with Crippen LogP contribution in [0.15, 0.2) is 12.3 Å². The van der Waals surface area contributed by atoms with E-state index in [0.29, 0.717) is 11.5 Å². The Labute approximate surface area is 127 Å². The van der Waals surface area contributed by atoms with E-state index in [1.165, 1.54) is 31.4 Å². The molecule has 22 heavy (non-hydrogen) atoms. The second kappa shape index (κ2) is 6.42. The highest BCUT2D eigenvalue weighted by molar-refractivity contribution is 6.02. The molecule has 1 fully saturated rings. The molecule has 0 bridgehead atoms. The molecule has 8 nitrogen and oxygen atoms in total. The van der Waals surface area contributed by atoms with E-state index in [1.54, 1.807) is 7.05 Å². The van der Waals surface area contributed by atoms with E-state index in [1.807, 2.05) is 0 Å². The summed E-state index contributed by atoms with van der Waals surface area (Å²) < 4.78 is 9.33. The summed E-state index contributed by atoms with van der Waals surface area (Å²) in [6, 6.07) is 1.52. The number of amides is 1. The summed E-state index contributed by atoms with van der Waals surface area (Å²) in [5.74, 6) is -1.29. The number of hydrogen-bond acceptors (Lipinski definition) is 7. The summed E-state index contributed by atoms with van der Waals surface area (Å²) in [4.78, 5) is 40.9. The van der Waals surface area contributed by atoms with Crippen molar-refractivity contribution in [1.82, 2.24) is 4.98 Å². The van der Waals surface area contributed by atoms with Gasteiger partial charge in [-0.1, -0.05) is 0 Å². The third-order valence-corrected chi connectivity index (χ3v) is 3.48. The molecular formula is C14H17N3O5. The van der Waals surface area contributed by atoms with Crippen molar-refractivity contribution in [3.05, 3.63) is 17.8 Å². The molecule has 1 aliphatic rings. The molecule has 1 aromatic heterocycles. The number of hydrogen-bond donors (Lipinski definition) is 1. The van der Waals surface area contributed by atoms with E-state index in [2.05, 4.69) is 19.8 Å². The lowest BCUT2D eigenvalue weighted by molar-refractivity contribution is -0.145. The second-order valence-corrected chi connectivity index (χ2v) is 4.76. The number of aromatic nitrogens is 1. The third-order valence-electron chi connectivity index (χ3n) is 3.48. The molecule has 0 aliphatic carbocycles. The molecule has 1 unspecified atom stereocenters. The Bertz CT molecular complexity index is 616. The Morgan fingerprint density at radius 2 is 2.09 bits per heavy atom. The first-order valence-corrected chi connectivity index (χ1v) is 6.66. The van der Waals surface area contributed by atoms with Crippen molar-refractivity contribution >= 4 is 29.4 Å². The number of carbonyl (C=O) groups is 3. The molecule has 1 amide bonds. The zero-order valence-electron chi connectivity index (χ0n) is 12.6. The second-order valence-electron chi connectivity index (χ2n) is 4.76. The van der Waals surface area contributed by atoms with Crippen molar-refractivity contribution in [2.24, 2.45) is 5.92 Å². The van der Waals surface area contributed by atoms with E-state index in [4.69, 9.17) is 0 Å². The molecule has 1 saturated heterocycles. The standard InChI is InChI=1S/C14H17N3O5/c1-15-12-10(4-8(6-16-12)13(19)21-2)17-7-9(5-11(17)18)14(20)22-3/h4,6,9H,5,7H2,1-3H3,(H,15,16). The molecule has 1 aromatic rings. The van der Waals surface area contributed by atoms with Gasteiger partial charge in [-0.3, -0.25) is 9.59 Å². The topological polar surface area (TPSA) is 97.8 Å². The van der Waals surface area contributed by atoms with Crippen LogP contribution >= 0.6 is 0 Å². The molecule has 2 heterocycles. The number of rotatable bonds is 4. The Balaban J connectivity index is 2.36. The van der Waals surface area contributed by atoms with E-state index >= 15 is 0 Å². The van der Waals surface area contributed by atoms with Crippen LogP contribution in [-0.2, 0) is 19.1 Å². The van der Waals surface area contributed by atoms with Crippen LogP contribution in [-0.4, -0.2) is 50.6 Å². The van der Waals surface area contributed by atoms with Gasteiger partial charge in [0, 0.05) is 26.2 Å². The van der Waals surface area contributed by atoms with Crippen molar-refractivity contribution in [3.8, 4) is 0 Å². The molecule has 1 N–H and O–H groups in total. The van der Waals surface area contributed by atoms with Crippen LogP contribution in [0.2, 0.25) is 0 Å². The summed E-state index contributed by atoms with van der Waals surface area (Å²) in [5.41, 5.74) is 0.660. The van der Waals surface area contributed by atoms with Crippen LogP contribution in [0.3, 0.4) is 0 Å². The number of anilines is 2. The molecule has 0 aromatic carbocycles. The summed E-state index contributed by atoms with van der Waals surface area (Å²) in [6.45, 7) is 0.187. The van der Waals surface area contributed by atoms with Gasteiger partial charge in [0.2, 0.25) is 5.91 Å². The number of methoxy groups -OCH3 is 2. The van der Waals surface area contributed by atoms with Gasteiger partial charge in [-0.05, 0) is 6.07 Å². The lowest BCUT2D eigenvalue weighted by atomic mass is 10.1. The van der Waals surface area contributed by atoms with Gasteiger partial charge in [-0.25, -0.2) is 9.78 Å². The summed E-state index contributed by atoms with van der Waals surface area (Å²) in [7, 11) is 4.21. The molecule has 1 aliphatic heterocycles. The maximum Gasteiger partial charge on any atom is 0.339 e. The van der Waals surface area contributed by atoms with Crippen molar-refractivity contribution in [2.75, 3.05) is 38.0 Å². The highest BCUT2D eigenvalue weighted by atomic mass is 16.5. The van der Waals surface area contributed by atoms with Gasteiger partial charge in [-0.15, -0.1) is 0 Å². The molecule has 1 atom stereocenters. The van der Waals surface area contributed by atoms with Crippen LogP contribution < -0.4 is 10.2 Å². The van der Waals surface area contributed by atoms with Crippen molar-refractivity contribution < 1.29 is 23.9 Å². The minimum Gasteiger partial charge on any atom is -0.469 e. The number of nitrogens with one attached hydrogen (secondary N) is 1. The van der Waals surface area contributed by atoms with Gasteiger partial charge in [0.25, 0.3) is 0 Å². The maximum absolute atomic E-state index is 12.2. The lowest BCUT2D eigenvalue weighted by Gasteiger charge is -2.19. The summed E-state index contributed by atoms with van der Waals surface area (Å²) in [6.07, 6.45) is 1.43. The number of carbonyl (C=O) groups excluding carboxylic acids is 3. The molecule has 2 rings (SSSR count). The molecule has 0 radical (unpaired) electrons. The molecular weight excluding hydrogens is 290 g/mol. The van der Waals surface area contributed by atoms with Crippen LogP contribution in [0.1, 0.15) is 16.8 Å². The Hall–Kier alpha value is -2.64. The fourth-order valence-corrected chi connectivity index (χ4v) is 2.35. The SMILES string of the molecule is CNc1ncc(C(=O)OC)cc1N1CC(C(=O)OC)CC1=O. The van der Waals surface area contributed by atoms with Gasteiger partial charge < -0.3 is 19.7 Å². The Morgan fingerprint density at radius 3 is 2.68 bits per heavy atom. The number of ether oxygens (including phenoxy) is 2. The number of esters is 2. The van der Waals surface area contributed by atoms with Crippen molar-refractivity contribution in [2.45, 2.75) is 6.42 Å². The Morgan fingerprint density at radius 1 is 1.36 bits per heavy atom. The molecule has 0 spiro atoms. The summed E-state index contributed by atoms with van der Waals surface area (Å²) >= 11 is 0. The predicted molar refractivity (Wildman–Crippen MR) is 77.6 cm³/mol. The lowest BCUT2D eigenvalue weighted by Crippen LogP contribution is -2.27. The van der Waals surface area contributed by atoms with E-state index in [9.17, 15) is 14.4 Å². The van der Waals surface area contributed by atoms with Gasteiger partial charge >= 0.3 is 11.9 Å². The first kappa shape index (κ1) is 15.7. The minimum absolute atomic E-state index is 0.0677. The quantitative estimate of drug-likeness (QED) is 0.806. The van der Waals surface area contributed by atoms with Gasteiger partial charge in [0.1, 0.15) is 5.82 Å². The zero-order chi connectivity index (χ0) is 16.3. The van der Waals surface area contributed by atoms with Gasteiger partial charge in [0.15, 0.2) is 0 Å². The first-order chi connectivity index (χ1) is 10.5. The highest BCUT2D eigenvalue weighted by Gasteiger charge is 2.37. The summed E-state index contributed by atoms with van der Waals surface area (Å²) in [5, 5.41) is 2.86. The van der Waals surface area contributed by atoms with E-state index < -0.39 is 17.9 Å². The minimum atomic E-state index is -0.549. The predicted octanol–water partition coefficient (Wildman–Crippen LogP) is 0.436. The van der Waals surface area contributed by atoms with Crippen molar-refractivity contribution in [1.29, 1.82) is 0 Å². The molecule has 118 valence electrons. The fraction of sp³-hybridized carbons (Fsp3) is 0.429. The highest BCUT2D eigenvalue weighted by Crippen LogP contribution is 2.31. The number of pyridine rings is 1. The van der Waals surface area contributed by atoms with Crippen LogP contribution in [0.25, 0.3) is 0 Å². The smallest absolute Gasteiger partial charge is 0.339 e. The maximum atomic E-state index is 12.2. The van der Waals surface area contributed by atoms with Crippen LogP contribution in [0.5, 0.6) is 0 Å². The average Bonchev–Trinajstić information content (AvgIpc) is 2.94. The zero-order valence-corrected chi connectivity index (χ0v) is 12.6. The molecule has 8 heteroatoms.